The van der Waals surface area contributed by atoms with E-state index in [1.807, 2.05) is 6.92 Å². The van der Waals surface area contributed by atoms with Gasteiger partial charge in [0.2, 0.25) is 5.91 Å². The van der Waals surface area contributed by atoms with Crippen LogP contribution in [-0.2, 0) is 32.0 Å². The minimum atomic E-state index is -1.74. The summed E-state index contributed by atoms with van der Waals surface area (Å²) < 4.78 is 28.3. The van der Waals surface area contributed by atoms with Crippen LogP contribution in [0.15, 0.2) is 29.5 Å². The van der Waals surface area contributed by atoms with Gasteiger partial charge in [-0.2, -0.15) is 0 Å². The smallest absolute Gasteiger partial charge is 0.233 e. The molecule has 1 saturated carbocycles. The highest BCUT2D eigenvalue weighted by Gasteiger charge is 2.66. The molecule has 2 aromatic rings. The first-order chi connectivity index (χ1) is 20.0. The number of rotatable bonds is 8. The highest BCUT2D eigenvalue weighted by atomic mass is 19.1. The maximum atomic E-state index is 16.1. The summed E-state index contributed by atoms with van der Waals surface area (Å²) in [5, 5.41) is 24.2. The first-order valence-corrected chi connectivity index (χ1v) is 14.2. The molecule has 5 unspecified atom stereocenters. The predicted octanol–water partition coefficient (Wildman–Crippen LogP) is 2.48. The fourth-order valence-electron chi connectivity index (χ4n) is 7.38. The number of nitrogens with zero attached hydrogens (tertiary/aromatic N) is 1. The number of hydrogen-bond acceptors (Lipinski definition) is 9. The van der Waals surface area contributed by atoms with Crippen LogP contribution < -0.4 is 11.1 Å². The van der Waals surface area contributed by atoms with Crippen molar-refractivity contribution in [2.24, 2.45) is 23.5 Å². The SMILES string of the molecule is CCNCc1ccc2c(F)c3c(c(O)c2c1)C(=O)C1=C(OC)C2(OCC)C(=N)C(C(N)=O)C(=O)C(N(C)C)C2CC1C3. The summed E-state index contributed by atoms with van der Waals surface area (Å²) in [6, 6.07) is 4.17. The number of halogens is 1. The zero-order chi connectivity index (χ0) is 30.7. The summed E-state index contributed by atoms with van der Waals surface area (Å²) in [4.78, 5) is 42.2. The quantitative estimate of drug-likeness (QED) is 0.347. The van der Waals surface area contributed by atoms with Crippen LogP contribution >= 0.6 is 0 Å². The second-order valence-electron chi connectivity index (χ2n) is 11.4. The number of aromatic hydroxyl groups is 1. The van der Waals surface area contributed by atoms with E-state index in [0.29, 0.717) is 6.54 Å². The van der Waals surface area contributed by atoms with E-state index in [1.54, 1.807) is 44.1 Å². The Labute approximate surface area is 243 Å². The van der Waals surface area contributed by atoms with E-state index in [-0.39, 0.29) is 64.1 Å². The molecule has 11 heteroatoms. The Morgan fingerprint density at radius 3 is 2.57 bits per heavy atom. The molecule has 224 valence electrons. The molecule has 3 aliphatic carbocycles. The monoisotopic (exact) mass is 580 g/mol. The fraction of sp³-hybridized carbons (Fsp3) is 0.484. The van der Waals surface area contributed by atoms with E-state index in [4.69, 9.17) is 20.6 Å². The van der Waals surface area contributed by atoms with Crippen molar-refractivity contribution < 1.29 is 33.4 Å². The van der Waals surface area contributed by atoms with Gasteiger partial charge in [-0.3, -0.25) is 19.3 Å². The number of amides is 1. The number of carbonyl (C=O) groups excluding carboxylic acids is 3. The molecule has 1 amide bonds. The summed E-state index contributed by atoms with van der Waals surface area (Å²) in [6.07, 6.45) is 0.243. The maximum absolute atomic E-state index is 16.1. The fourth-order valence-corrected chi connectivity index (χ4v) is 7.38. The number of phenolic OH excluding ortho intramolecular Hbond substituents is 1. The molecule has 0 aromatic heterocycles. The minimum Gasteiger partial charge on any atom is -0.507 e. The van der Waals surface area contributed by atoms with E-state index in [2.05, 4.69) is 5.32 Å². The van der Waals surface area contributed by atoms with E-state index >= 15 is 4.39 Å². The van der Waals surface area contributed by atoms with Gasteiger partial charge in [-0.25, -0.2) is 4.39 Å². The molecule has 3 aliphatic rings. The molecule has 0 spiro atoms. The molecule has 0 bridgehead atoms. The largest absolute Gasteiger partial charge is 0.507 e. The van der Waals surface area contributed by atoms with Gasteiger partial charge in [0.1, 0.15) is 23.2 Å². The summed E-state index contributed by atoms with van der Waals surface area (Å²) in [5.74, 6) is -5.96. The van der Waals surface area contributed by atoms with Gasteiger partial charge >= 0.3 is 0 Å². The van der Waals surface area contributed by atoms with Crippen LogP contribution in [0.25, 0.3) is 10.8 Å². The lowest BCUT2D eigenvalue weighted by Gasteiger charge is -2.55. The molecule has 5 N–H and O–H groups in total. The first kappa shape index (κ1) is 29.8. The topological polar surface area (TPSA) is 155 Å². The number of phenols is 1. The number of Topliss-reactive ketones (excluding diaryl/α,β-unsaturated/α-hetero) is 2. The van der Waals surface area contributed by atoms with E-state index in [9.17, 15) is 19.5 Å². The van der Waals surface area contributed by atoms with Gasteiger partial charge in [-0.05, 0) is 58.0 Å². The lowest BCUT2D eigenvalue weighted by atomic mass is 9.55. The van der Waals surface area contributed by atoms with Gasteiger partial charge < -0.3 is 31.0 Å². The third-order valence-electron chi connectivity index (χ3n) is 8.99. The van der Waals surface area contributed by atoms with Crippen LogP contribution in [0.4, 0.5) is 4.39 Å². The van der Waals surface area contributed by atoms with Gasteiger partial charge in [0.25, 0.3) is 0 Å². The highest BCUT2D eigenvalue weighted by Crippen LogP contribution is 2.55. The third-order valence-corrected chi connectivity index (χ3v) is 8.99. The number of primary amides is 1. The normalized spacial score (nSPS) is 27.3. The molecule has 5 rings (SSSR count). The Morgan fingerprint density at radius 1 is 1.26 bits per heavy atom. The van der Waals surface area contributed by atoms with Gasteiger partial charge in [0.05, 0.1) is 24.4 Å². The number of carbonyl (C=O) groups is 3. The standard InChI is InChI=1S/C31H37FN4O6/c1-6-35-13-14-8-9-16-17(10-14)25(37)21-18(23(16)32)11-15-12-19-24(36(3)4)27(39)22(30(34)40)28(33)31(19,42-7-2)29(41-5)20(15)26(21)38/h8-10,15,19,22,24,33,35,37H,6-7,11-13H2,1-5H3,(H2,34,40). The molecule has 2 aromatic carbocycles. The molecule has 0 saturated heterocycles. The number of benzene rings is 2. The molecule has 10 nitrogen and oxygen atoms in total. The Balaban J connectivity index is 1.78. The second-order valence-corrected chi connectivity index (χ2v) is 11.4. The predicted molar refractivity (Wildman–Crippen MR) is 154 cm³/mol. The van der Waals surface area contributed by atoms with Gasteiger partial charge in [-0.15, -0.1) is 0 Å². The zero-order valence-electron chi connectivity index (χ0n) is 24.5. The van der Waals surface area contributed by atoms with Crippen LogP contribution in [-0.4, -0.2) is 79.2 Å². The van der Waals surface area contributed by atoms with Gasteiger partial charge in [-0.1, -0.05) is 19.1 Å². The van der Waals surface area contributed by atoms with E-state index in [1.165, 1.54) is 7.11 Å². The lowest BCUT2D eigenvalue weighted by Crippen LogP contribution is -2.70. The van der Waals surface area contributed by atoms with Crippen molar-refractivity contribution in [1.82, 2.24) is 10.2 Å². The Morgan fingerprint density at radius 2 is 1.98 bits per heavy atom. The third kappa shape index (κ3) is 4.09. The van der Waals surface area contributed by atoms with E-state index < -0.39 is 52.7 Å². The molecular weight excluding hydrogens is 543 g/mol. The molecule has 0 aliphatic heterocycles. The van der Waals surface area contributed by atoms with Gasteiger partial charge in [0.15, 0.2) is 17.2 Å². The Hall–Kier alpha value is -3.67. The number of allylic oxidation sites excluding steroid dienone is 1. The molecule has 0 radical (unpaired) electrons. The van der Waals surface area contributed by atoms with Crippen molar-refractivity contribution in [3.8, 4) is 5.75 Å². The number of nitrogens with two attached hydrogens (primary N) is 1. The van der Waals surface area contributed by atoms with Gasteiger partial charge in [0, 0.05) is 41.0 Å². The van der Waals surface area contributed by atoms with Crippen molar-refractivity contribution in [2.75, 3.05) is 34.4 Å². The van der Waals surface area contributed by atoms with Crippen molar-refractivity contribution in [2.45, 2.75) is 44.9 Å². The number of methoxy groups -OCH3 is 1. The number of hydrogen-bond donors (Lipinski definition) is 4. The summed E-state index contributed by atoms with van der Waals surface area (Å²) in [7, 11) is 4.72. The van der Waals surface area contributed by atoms with Crippen LogP contribution in [0.3, 0.4) is 0 Å². The molecule has 1 fully saturated rings. The average molecular weight is 581 g/mol. The van der Waals surface area contributed by atoms with Crippen LogP contribution in [0, 0.1) is 29.0 Å². The van der Waals surface area contributed by atoms with Crippen LogP contribution in [0.1, 0.15) is 41.8 Å². The number of likely N-dealkylation sites (N-methyl/N-ethyl adjacent to an activating group) is 1. The van der Waals surface area contributed by atoms with Crippen molar-refractivity contribution in [1.29, 1.82) is 5.41 Å². The number of ketones is 2. The summed E-state index contributed by atoms with van der Waals surface area (Å²) in [6.45, 7) is 4.98. The second kappa shape index (κ2) is 10.9. The van der Waals surface area contributed by atoms with Crippen LogP contribution in [0.2, 0.25) is 0 Å². The highest BCUT2D eigenvalue weighted by molar-refractivity contribution is 6.26. The van der Waals surface area contributed by atoms with E-state index in [0.717, 1.165) is 12.1 Å². The summed E-state index contributed by atoms with van der Waals surface area (Å²) in [5.41, 5.74) is 4.44. The van der Waals surface area contributed by atoms with Crippen molar-refractivity contribution >= 4 is 34.0 Å². The summed E-state index contributed by atoms with van der Waals surface area (Å²) >= 11 is 0. The number of nitrogens with one attached hydrogen (secondary N) is 2. The molecule has 5 atom stereocenters. The number of ether oxygens (including phenoxy) is 2. The average Bonchev–Trinajstić information content (AvgIpc) is 2.94. The lowest BCUT2D eigenvalue weighted by molar-refractivity contribution is -0.144. The van der Waals surface area contributed by atoms with Crippen molar-refractivity contribution in [3.05, 3.63) is 52.0 Å². The Bertz CT molecular complexity index is 1550. The van der Waals surface area contributed by atoms with Crippen LogP contribution in [0.5, 0.6) is 5.75 Å². The number of fused-ring (bicyclic) bond motifs is 4. The minimum absolute atomic E-state index is 0.00217. The Kier molecular flexibility index (Phi) is 7.71. The molecule has 42 heavy (non-hydrogen) atoms. The maximum Gasteiger partial charge on any atom is 0.233 e. The molecular formula is C31H37FN4O6. The first-order valence-electron chi connectivity index (χ1n) is 14.2. The molecule has 0 heterocycles. The van der Waals surface area contributed by atoms with Crippen molar-refractivity contribution in [3.63, 3.8) is 0 Å². The zero-order valence-corrected chi connectivity index (χ0v) is 24.5.